The van der Waals surface area contributed by atoms with Crippen LogP contribution in [0.5, 0.6) is 17.2 Å². The lowest BCUT2D eigenvalue weighted by molar-refractivity contribution is 0.0735. The number of fused-ring (bicyclic) bond motifs is 1. The number of thiophene rings is 1. The van der Waals surface area contributed by atoms with E-state index in [1.54, 1.807) is 42.5 Å². The molecule has 5 heteroatoms. The number of carbonyl (C=O) groups is 1. The smallest absolute Gasteiger partial charge is 0.343 e. The second-order valence-corrected chi connectivity index (χ2v) is 6.85. The highest BCUT2D eigenvalue weighted by Crippen LogP contribution is 2.40. The van der Waals surface area contributed by atoms with Crippen LogP contribution in [0.25, 0.3) is 20.5 Å². The van der Waals surface area contributed by atoms with Crippen LogP contribution in [0.2, 0.25) is 0 Å². The average molecular weight is 362 g/mol. The molecule has 1 heterocycles. The second kappa shape index (κ2) is 6.54. The molecule has 0 saturated carbocycles. The molecule has 0 unspecified atom stereocenters. The fourth-order valence-corrected chi connectivity index (χ4v) is 3.80. The maximum absolute atomic E-state index is 12.1. The average Bonchev–Trinajstić information content (AvgIpc) is 3.07. The number of aromatic hydroxyl groups is 2. The van der Waals surface area contributed by atoms with Gasteiger partial charge in [0.25, 0.3) is 0 Å². The fourth-order valence-electron chi connectivity index (χ4n) is 2.68. The monoisotopic (exact) mass is 362 g/mol. The molecule has 0 aliphatic heterocycles. The van der Waals surface area contributed by atoms with Crippen molar-refractivity contribution in [3.8, 4) is 27.7 Å². The summed E-state index contributed by atoms with van der Waals surface area (Å²) in [5.41, 5.74) is 1.43. The summed E-state index contributed by atoms with van der Waals surface area (Å²) in [6.07, 6.45) is 0. The van der Waals surface area contributed by atoms with Gasteiger partial charge in [-0.25, -0.2) is 4.79 Å². The molecule has 1 aromatic heterocycles. The number of phenols is 2. The quantitative estimate of drug-likeness (QED) is 0.388. The van der Waals surface area contributed by atoms with Crippen LogP contribution in [-0.2, 0) is 0 Å². The van der Waals surface area contributed by atoms with Crippen molar-refractivity contribution in [2.24, 2.45) is 0 Å². The molecule has 0 radical (unpaired) electrons. The van der Waals surface area contributed by atoms with Gasteiger partial charge in [-0.05, 0) is 54.1 Å². The van der Waals surface area contributed by atoms with Crippen LogP contribution in [0.15, 0.2) is 72.8 Å². The van der Waals surface area contributed by atoms with Gasteiger partial charge in [-0.3, -0.25) is 0 Å². The van der Waals surface area contributed by atoms with E-state index in [1.165, 1.54) is 17.4 Å². The van der Waals surface area contributed by atoms with Gasteiger partial charge < -0.3 is 14.9 Å². The third-order valence-corrected chi connectivity index (χ3v) is 5.09. The minimum Gasteiger partial charge on any atom is -0.508 e. The topological polar surface area (TPSA) is 66.8 Å². The lowest BCUT2D eigenvalue weighted by Gasteiger charge is -2.05. The van der Waals surface area contributed by atoms with Crippen molar-refractivity contribution >= 4 is 27.4 Å². The number of esters is 1. The first-order valence-electron chi connectivity index (χ1n) is 7.93. The molecule has 2 N–H and O–H groups in total. The van der Waals surface area contributed by atoms with Gasteiger partial charge in [-0.15, -0.1) is 11.3 Å². The SMILES string of the molecule is O=C(Oc1ccc(-c2cc3c(O)cc(O)cc3s2)cc1)c1ccccc1. The Bertz CT molecular complexity index is 1080. The Labute approximate surface area is 153 Å². The van der Waals surface area contributed by atoms with Gasteiger partial charge in [-0.2, -0.15) is 0 Å². The third-order valence-electron chi connectivity index (χ3n) is 3.96. The Hall–Kier alpha value is -3.31. The number of rotatable bonds is 3. The van der Waals surface area contributed by atoms with E-state index in [2.05, 4.69) is 0 Å². The van der Waals surface area contributed by atoms with Gasteiger partial charge in [0.15, 0.2) is 0 Å². The molecule has 0 spiro atoms. The largest absolute Gasteiger partial charge is 0.508 e. The van der Waals surface area contributed by atoms with Crippen molar-refractivity contribution in [3.05, 3.63) is 78.4 Å². The number of carbonyl (C=O) groups excluding carboxylic acids is 1. The van der Waals surface area contributed by atoms with Crippen molar-refractivity contribution in [1.82, 2.24) is 0 Å². The molecule has 0 fully saturated rings. The highest BCUT2D eigenvalue weighted by Gasteiger charge is 2.11. The number of benzene rings is 3. The molecule has 0 bridgehead atoms. The molecule has 0 aliphatic rings. The van der Waals surface area contributed by atoms with Crippen molar-refractivity contribution in [2.45, 2.75) is 0 Å². The Morgan fingerprint density at radius 2 is 1.62 bits per heavy atom. The molecule has 0 saturated heterocycles. The predicted molar refractivity (Wildman–Crippen MR) is 102 cm³/mol. The number of phenolic OH excluding ortho intramolecular Hbond substituents is 2. The molecule has 4 rings (SSSR count). The lowest BCUT2D eigenvalue weighted by Crippen LogP contribution is -2.07. The molecule has 0 amide bonds. The highest BCUT2D eigenvalue weighted by molar-refractivity contribution is 7.22. The van der Waals surface area contributed by atoms with Crippen LogP contribution in [-0.4, -0.2) is 16.2 Å². The van der Waals surface area contributed by atoms with Gasteiger partial charge in [0.05, 0.1) is 5.56 Å². The van der Waals surface area contributed by atoms with E-state index in [1.807, 2.05) is 24.3 Å². The van der Waals surface area contributed by atoms with E-state index in [-0.39, 0.29) is 11.5 Å². The molecule has 0 atom stereocenters. The Balaban J connectivity index is 1.58. The van der Waals surface area contributed by atoms with E-state index in [0.717, 1.165) is 15.1 Å². The summed E-state index contributed by atoms with van der Waals surface area (Å²) in [6, 6.07) is 20.8. The zero-order chi connectivity index (χ0) is 18.1. The Morgan fingerprint density at radius 1 is 0.885 bits per heavy atom. The van der Waals surface area contributed by atoms with Crippen molar-refractivity contribution < 1.29 is 19.7 Å². The van der Waals surface area contributed by atoms with E-state index in [9.17, 15) is 15.0 Å². The fraction of sp³-hybridized carbons (Fsp3) is 0. The molecule has 0 aliphatic carbocycles. The Morgan fingerprint density at radius 3 is 2.35 bits per heavy atom. The van der Waals surface area contributed by atoms with Crippen molar-refractivity contribution in [1.29, 1.82) is 0 Å². The van der Waals surface area contributed by atoms with Crippen LogP contribution >= 0.6 is 11.3 Å². The maximum atomic E-state index is 12.1. The summed E-state index contributed by atoms with van der Waals surface area (Å²) in [4.78, 5) is 13.0. The number of hydrogen-bond acceptors (Lipinski definition) is 5. The first-order chi connectivity index (χ1) is 12.6. The highest BCUT2D eigenvalue weighted by atomic mass is 32.1. The van der Waals surface area contributed by atoms with E-state index < -0.39 is 5.97 Å². The number of hydrogen-bond donors (Lipinski definition) is 2. The minimum atomic E-state index is -0.402. The van der Waals surface area contributed by atoms with Crippen LogP contribution < -0.4 is 4.74 Å². The van der Waals surface area contributed by atoms with Gasteiger partial charge in [0.1, 0.15) is 17.2 Å². The second-order valence-electron chi connectivity index (χ2n) is 5.77. The first kappa shape index (κ1) is 16.2. The molecular weight excluding hydrogens is 348 g/mol. The standard InChI is InChI=1S/C21H14O4S/c22-15-10-18(23)17-12-19(26-20(17)11-15)13-6-8-16(9-7-13)25-21(24)14-4-2-1-3-5-14/h1-12,22-23H. The molecule has 4 aromatic rings. The summed E-state index contributed by atoms with van der Waals surface area (Å²) in [5, 5.41) is 20.3. The normalized spacial score (nSPS) is 10.8. The number of ether oxygens (including phenoxy) is 1. The van der Waals surface area contributed by atoms with Gasteiger partial charge in [0, 0.05) is 21.0 Å². The summed E-state index contributed by atoms with van der Waals surface area (Å²) < 4.78 is 6.18. The van der Waals surface area contributed by atoms with E-state index in [0.29, 0.717) is 16.7 Å². The zero-order valence-corrected chi connectivity index (χ0v) is 14.4. The third kappa shape index (κ3) is 3.12. The molecular formula is C21H14O4S. The summed E-state index contributed by atoms with van der Waals surface area (Å²) >= 11 is 1.47. The molecule has 128 valence electrons. The van der Waals surface area contributed by atoms with Gasteiger partial charge in [-0.1, -0.05) is 18.2 Å². The van der Waals surface area contributed by atoms with Crippen LogP contribution in [0.3, 0.4) is 0 Å². The van der Waals surface area contributed by atoms with Crippen molar-refractivity contribution in [2.75, 3.05) is 0 Å². The van der Waals surface area contributed by atoms with Crippen LogP contribution in [0.1, 0.15) is 10.4 Å². The molecule has 3 aromatic carbocycles. The molecule has 4 nitrogen and oxygen atoms in total. The Kier molecular flexibility index (Phi) is 4.07. The van der Waals surface area contributed by atoms with E-state index >= 15 is 0 Å². The minimum absolute atomic E-state index is 0.0339. The van der Waals surface area contributed by atoms with Gasteiger partial charge in [0.2, 0.25) is 0 Å². The molecule has 26 heavy (non-hydrogen) atoms. The van der Waals surface area contributed by atoms with Crippen LogP contribution in [0.4, 0.5) is 0 Å². The predicted octanol–water partition coefficient (Wildman–Crippen LogP) is 5.20. The maximum Gasteiger partial charge on any atom is 0.343 e. The zero-order valence-electron chi connectivity index (χ0n) is 13.5. The van der Waals surface area contributed by atoms with Gasteiger partial charge >= 0.3 is 5.97 Å². The van der Waals surface area contributed by atoms with Crippen molar-refractivity contribution in [3.63, 3.8) is 0 Å². The lowest BCUT2D eigenvalue weighted by atomic mass is 10.1. The van der Waals surface area contributed by atoms with E-state index in [4.69, 9.17) is 4.74 Å². The van der Waals surface area contributed by atoms with Crippen LogP contribution in [0, 0.1) is 0 Å². The summed E-state index contributed by atoms with van der Waals surface area (Å²) in [5.74, 6) is 0.146. The summed E-state index contributed by atoms with van der Waals surface area (Å²) in [7, 11) is 0. The first-order valence-corrected chi connectivity index (χ1v) is 8.75. The summed E-state index contributed by atoms with van der Waals surface area (Å²) in [6.45, 7) is 0.